The second-order valence-corrected chi connectivity index (χ2v) is 6.96. The normalized spacial score (nSPS) is 23.8. The van der Waals surface area contributed by atoms with E-state index < -0.39 is 11.1 Å². The van der Waals surface area contributed by atoms with Gasteiger partial charge in [-0.25, -0.2) is 4.79 Å². The second kappa shape index (κ2) is 6.16. The third-order valence-electron chi connectivity index (χ3n) is 3.66. The number of rotatable bonds is 3. The van der Waals surface area contributed by atoms with Crippen LogP contribution in [0.3, 0.4) is 0 Å². The highest BCUT2D eigenvalue weighted by atomic mass is 16.6. The van der Waals surface area contributed by atoms with Gasteiger partial charge in [-0.1, -0.05) is 30.3 Å². The molecule has 0 saturated carbocycles. The van der Waals surface area contributed by atoms with E-state index in [1.807, 2.05) is 39.0 Å². The van der Waals surface area contributed by atoms with Crippen molar-refractivity contribution < 1.29 is 9.53 Å². The van der Waals surface area contributed by atoms with E-state index in [-0.39, 0.29) is 5.97 Å². The Morgan fingerprint density at radius 2 is 2.00 bits per heavy atom. The van der Waals surface area contributed by atoms with E-state index in [9.17, 15) is 4.79 Å². The van der Waals surface area contributed by atoms with Crippen molar-refractivity contribution in [1.29, 1.82) is 0 Å². The van der Waals surface area contributed by atoms with Crippen molar-refractivity contribution in [2.45, 2.75) is 51.3 Å². The molecular weight excluding hydrogens is 264 g/mol. The number of carbonyl (C=O) groups excluding carboxylic acids is 1. The minimum absolute atomic E-state index is 0.284. The molecule has 1 aliphatic rings. The summed E-state index contributed by atoms with van der Waals surface area (Å²) in [6.07, 6.45) is 1.61. The maximum absolute atomic E-state index is 12.4. The molecule has 4 heteroatoms. The molecule has 4 nitrogen and oxygen atoms in total. The summed E-state index contributed by atoms with van der Waals surface area (Å²) in [5, 5.41) is 0. The van der Waals surface area contributed by atoms with Gasteiger partial charge in [-0.05, 0) is 45.7 Å². The molecular formula is C17H26N2O2. The molecule has 0 aliphatic carbocycles. The average molecular weight is 290 g/mol. The molecule has 1 saturated heterocycles. The number of ether oxygens (including phenoxy) is 1. The summed E-state index contributed by atoms with van der Waals surface area (Å²) >= 11 is 0. The predicted octanol–water partition coefficient (Wildman–Crippen LogP) is 2.32. The molecule has 0 spiro atoms. The smallest absolute Gasteiger partial charge is 0.327 e. The van der Waals surface area contributed by atoms with E-state index in [1.165, 1.54) is 5.56 Å². The lowest BCUT2D eigenvalue weighted by atomic mass is 9.89. The van der Waals surface area contributed by atoms with E-state index in [2.05, 4.69) is 17.0 Å². The largest absolute Gasteiger partial charge is 0.459 e. The van der Waals surface area contributed by atoms with Gasteiger partial charge in [-0.3, -0.25) is 4.90 Å². The SMILES string of the molecule is CC(C)(C)OC(=O)[C@]1(N)CCCN(Cc2ccccc2)C1. The Labute approximate surface area is 127 Å². The van der Waals surface area contributed by atoms with Crippen LogP contribution in [0.2, 0.25) is 0 Å². The van der Waals surface area contributed by atoms with Gasteiger partial charge in [0, 0.05) is 13.1 Å². The molecule has 1 fully saturated rings. The summed E-state index contributed by atoms with van der Waals surface area (Å²) in [6.45, 7) is 7.96. The summed E-state index contributed by atoms with van der Waals surface area (Å²) in [4.78, 5) is 14.6. The van der Waals surface area contributed by atoms with Gasteiger partial charge in [0.05, 0.1) is 0 Å². The first-order valence-corrected chi connectivity index (χ1v) is 7.57. The lowest BCUT2D eigenvalue weighted by Gasteiger charge is -2.39. The van der Waals surface area contributed by atoms with Crippen molar-refractivity contribution >= 4 is 5.97 Å². The van der Waals surface area contributed by atoms with Crippen LogP contribution in [0.4, 0.5) is 0 Å². The van der Waals surface area contributed by atoms with Gasteiger partial charge >= 0.3 is 5.97 Å². The van der Waals surface area contributed by atoms with Gasteiger partial charge in [0.1, 0.15) is 11.1 Å². The zero-order chi connectivity index (χ0) is 15.5. The average Bonchev–Trinajstić information content (AvgIpc) is 2.38. The number of hydrogen-bond donors (Lipinski definition) is 1. The molecule has 1 atom stereocenters. The van der Waals surface area contributed by atoms with Crippen LogP contribution in [-0.2, 0) is 16.1 Å². The Morgan fingerprint density at radius 1 is 1.33 bits per heavy atom. The maximum atomic E-state index is 12.4. The van der Waals surface area contributed by atoms with Crippen molar-refractivity contribution in [2.75, 3.05) is 13.1 Å². The van der Waals surface area contributed by atoms with Crippen LogP contribution < -0.4 is 5.73 Å². The monoisotopic (exact) mass is 290 g/mol. The van der Waals surface area contributed by atoms with Gasteiger partial charge in [0.2, 0.25) is 0 Å². The van der Waals surface area contributed by atoms with E-state index in [0.29, 0.717) is 13.0 Å². The summed E-state index contributed by atoms with van der Waals surface area (Å²) in [5.74, 6) is -0.284. The molecule has 0 aromatic heterocycles. The van der Waals surface area contributed by atoms with Crippen molar-refractivity contribution in [3.8, 4) is 0 Å². The molecule has 2 rings (SSSR count). The van der Waals surface area contributed by atoms with Crippen LogP contribution in [0.25, 0.3) is 0 Å². The molecule has 0 amide bonds. The first-order valence-electron chi connectivity index (χ1n) is 7.57. The van der Waals surface area contributed by atoms with Gasteiger partial charge in [0.15, 0.2) is 0 Å². The Morgan fingerprint density at radius 3 is 2.62 bits per heavy atom. The molecule has 1 aliphatic heterocycles. The molecule has 1 aromatic carbocycles. The Kier molecular flexibility index (Phi) is 4.69. The number of nitrogens with zero attached hydrogens (tertiary/aromatic N) is 1. The number of carbonyl (C=O) groups is 1. The summed E-state index contributed by atoms with van der Waals surface area (Å²) in [6, 6.07) is 10.3. The summed E-state index contributed by atoms with van der Waals surface area (Å²) < 4.78 is 5.49. The Bertz CT molecular complexity index is 481. The first-order chi connectivity index (χ1) is 9.78. The molecule has 21 heavy (non-hydrogen) atoms. The maximum Gasteiger partial charge on any atom is 0.327 e. The van der Waals surface area contributed by atoms with Crippen molar-refractivity contribution in [3.05, 3.63) is 35.9 Å². The quantitative estimate of drug-likeness (QED) is 0.868. The molecule has 1 aromatic rings. The number of piperidine rings is 1. The molecule has 2 N–H and O–H groups in total. The van der Waals surface area contributed by atoms with Crippen LogP contribution in [0.5, 0.6) is 0 Å². The summed E-state index contributed by atoms with van der Waals surface area (Å²) in [5.41, 5.74) is 6.20. The van der Waals surface area contributed by atoms with Crippen molar-refractivity contribution in [2.24, 2.45) is 5.73 Å². The van der Waals surface area contributed by atoms with E-state index in [1.54, 1.807) is 0 Å². The lowest BCUT2D eigenvalue weighted by molar-refractivity contribution is -0.164. The van der Waals surface area contributed by atoms with Crippen LogP contribution >= 0.6 is 0 Å². The Hall–Kier alpha value is -1.39. The minimum Gasteiger partial charge on any atom is -0.459 e. The number of nitrogens with two attached hydrogens (primary N) is 1. The van der Waals surface area contributed by atoms with Crippen LogP contribution in [0, 0.1) is 0 Å². The van der Waals surface area contributed by atoms with Gasteiger partial charge in [0.25, 0.3) is 0 Å². The van der Waals surface area contributed by atoms with Gasteiger partial charge < -0.3 is 10.5 Å². The molecule has 0 radical (unpaired) electrons. The molecule has 1 heterocycles. The number of benzene rings is 1. The van der Waals surface area contributed by atoms with E-state index >= 15 is 0 Å². The van der Waals surface area contributed by atoms with Gasteiger partial charge in [-0.2, -0.15) is 0 Å². The van der Waals surface area contributed by atoms with Crippen LogP contribution in [0.1, 0.15) is 39.2 Å². The first kappa shape index (κ1) is 16.0. The van der Waals surface area contributed by atoms with Crippen LogP contribution in [-0.4, -0.2) is 35.1 Å². The van der Waals surface area contributed by atoms with Crippen molar-refractivity contribution in [1.82, 2.24) is 4.90 Å². The van der Waals surface area contributed by atoms with Crippen LogP contribution in [0.15, 0.2) is 30.3 Å². The minimum atomic E-state index is -0.889. The number of esters is 1. The topological polar surface area (TPSA) is 55.6 Å². The fourth-order valence-electron chi connectivity index (χ4n) is 2.70. The third-order valence-corrected chi connectivity index (χ3v) is 3.66. The fourth-order valence-corrected chi connectivity index (χ4v) is 2.70. The van der Waals surface area contributed by atoms with Gasteiger partial charge in [-0.15, -0.1) is 0 Å². The Balaban J connectivity index is 2.01. The van der Waals surface area contributed by atoms with Crippen molar-refractivity contribution in [3.63, 3.8) is 0 Å². The zero-order valence-corrected chi connectivity index (χ0v) is 13.3. The summed E-state index contributed by atoms with van der Waals surface area (Å²) in [7, 11) is 0. The fraction of sp³-hybridized carbons (Fsp3) is 0.588. The predicted molar refractivity (Wildman–Crippen MR) is 83.7 cm³/mol. The highest BCUT2D eigenvalue weighted by molar-refractivity contribution is 5.81. The van der Waals surface area contributed by atoms with E-state index in [4.69, 9.17) is 10.5 Å². The highest BCUT2D eigenvalue weighted by Crippen LogP contribution is 2.24. The number of likely N-dealkylation sites (tertiary alicyclic amines) is 1. The molecule has 0 bridgehead atoms. The lowest BCUT2D eigenvalue weighted by Crippen LogP contribution is -2.60. The number of hydrogen-bond acceptors (Lipinski definition) is 4. The zero-order valence-electron chi connectivity index (χ0n) is 13.3. The highest BCUT2D eigenvalue weighted by Gasteiger charge is 2.41. The third kappa shape index (κ3) is 4.55. The second-order valence-electron chi connectivity index (χ2n) is 6.96. The molecule has 116 valence electrons. The van der Waals surface area contributed by atoms with E-state index in [0.717, 1.165) is 19.5 Å². The standard InChI is InChI=1S/C17H26N2O2/c1-16(2,3)21-15(20)17(18)10-7-11-19(13-17)12-14-8-5-4-6-9-14/h4-6,8-9H,7,10-13,18H2,1-3H3/t17-/m0/s1. The molecule has 0 unspecified atom stereocenters.